The number of amides is 1. The first kappa shape index (κ1) is 12.8. The molecule has 0 aliphatic carbocycles. The quantitative estimate of drug-likeness (QED) is 0.914. The fourth-order valence-electron chi connectivity index (χ4n) is 1.62. The fraction of sp³-hybridized carbons (Fsp3) is 0.364. The molecule has 0 unspecified atom stereocenters. The van der Waals surface area contributed by atoms with E-state index in [9.17, 15) is 4.79 Å². The first-order chi connectivity index (χ1) is 8.47. The third-order valence-electron chi connectivity index (χ3n) is 2.43. The lowest BCUT2D eigenvalue weighted by Gasteiger charge is -2.11. The van der Waals surface area contributed by atoms with E-state index in [0.717, 1.165) is 4.47 Å². The number of hydrogen-bond acceptors (Lipinski definition) is 3. The monoisotopic (exact) mass is 311 g/mol. The van der Waals surface area contributed by atoms with Crippen molar-refractivity contribution in [3.8, 4) is 0 Å². The second kappa shape index (κ2) is 4.93. The molecule has 2 aromatic heterocycles. The predicted molar refractivity (Wildman–Crippen MR) is 71.6 cm³/mol. The molecule has 6 nitrogen and oxygen atoms in total. The van der Waals surface area contributed by atoms with Gasteiger partial charge in [0.05, 0.1) is 0 Å². The summed E-state index contributed by atoms with van der Waals surface area (Å²) in [4.78, 5) is 16.2. The van der Waals surface area contributed by atoms with Crippen molar-refractivity contribution in [3.63, 3.8) is 0 Å². The number of carbonyl (C=O) groups excluding carboxylic acids is 1. The Labute approximate surface area is 113 Å². The minimum atomic E-state index is -0.228. The summed E-state index contributed by atoms with van der Waals surface area (Å²) in [6.45, 7) is 5.80. The summed E-state index contributed by atoms with van der Waals surface area (Å²) >= 11 is 3.37. The highest BCUT2D eigenvalue weighted by Gasteiger charge is 2.16. The summed E-state index contributed by atoms with van der Waals surface area (Å²) in [6, 6.07) is 1.97. The molecular weight excluding hydrogens is 298 g/mol. The molecule has 0 atom stereocenters. The van der Waals surface area contributed by atoms with Gasteiger partial charge in [0.2, 0.25) is 5.95 Å². The smallest absolute Gasteiger partial charge is 0.274 e. The van der Waals surface area contributed by atoms with Gasteiger partial charge in [0.1, 0.15) is 11.5 Å². The Morgan fingerprint density at radius 1 is 1.56 bits per heavy atom. The zero-order chi connectivity index (χ0) is 13.3. The molecule has 2 aromatic rings. The van der Waals surface area contributed by atoms with Gasteiger partial charge in [-0.1, -0.05) is 0 Å². The van der Waals surface area contributed by atoms with Crippen LogP contribution in [0.1, 0.15) is 36.2 Å². The Morgan fingerprint density at radius 3 is 2.83 bits per heavy atom. The van der Waals surface area contributed by atoms with Gasteiger partial charge in [-0.15, -0.1) is 5.10 Å². The predicted octanol–water partition coefficient (Wildman–Crippen LogP) is 2.51. The molecule has 2 heterocycles. The molecule has 96 valence electrons. The average molecular weight is 312 g/mol. The summed E-state index contributed by atoms with van der Waals surface area (Å²) in [5.41, 5.74) is 0.569. The molecular formula is C11H14BrN5O. The Balaban J connectivity index is 2.23. The Kier molecular flexibility index (Phi) is 3.51. The molecule has 0 radical (unpaired) electrons. The number of aromatic nitrogens is 4. The summed E-state index contributed by atoms with van der Waals surface area (Å²) < 4.78 is 2.76. The van der Waals surface area contributed by atoms with Gasteiger partial charge in [0.25, 0.3) is 5.91 Å². The molecule has 2 N–H and O–H groups in total. The van der Waals surface area contributed by atoms with Crippen molar-refractivity contribution < 1.29 is 4.79 Å². The minimum absolute atomic E-state index is 0.200. The Morgan fingerprint density at radius 2 is 2.28 bits per heavy atom. The molecule has 7 heteroatoms. The van der Waals surface area contributed by atoms with Crippen molar-refractivity contribution in [2.24, 2.45) is 0 Å². The standard InChI is InChI=1S/C11H14BrN5O/c1-6(2)17-5-8(12)4-9(17)10(18)14-11-13-7(3)15-16-11/h4-6H,1-3H3,(H2,13,14,15,16,18). The fourth-order valence-corrected chi connectivity index (χ4v) is 2.06. The van der Waals surface area contributed by atoms with E-state index in [4.69, 9.17) is 0 Å². The van der Waals surface area contributed by atoms with Crippen LogP contribution in [-0.2, 0) is 0 Å². The van der Waals surface area contributed by atoms with Gasteiger partial charge in [0, 0.05) is 16.7 Å². The maximum atomic E-state index is 12.1. The van der Waals surface area contributed by atoms with Crippen LogP contribution in [0.5, 0.6) is 0 Å². The topological polar surface area (TPSA) is 75.6 Å². The molecule has 2 rings (SSSR count). The SMILES string of the molecule is Cc1nc(NC(=O)c2cc(Br)cn2C(C)C)n[nH]1. The van der Waals surface area contributed by atoms with E-state index in [1.54, 1.807) is 13.0 Å². The molecule has 0 saturated heterocycles. The number of halogens is 1. The molecule has 0 aromatic carbocycles. The van der Waals surface area contributed by atoms with Gasteiger partial charge >= 0.3 is 0 Å². The summed E-state index contributed by atoms with van der Waals surface area (Å²) in [7, 11) is 0. The van der Waals surface area contributed by atoms with Gasteiger partial charge in [-0.3, -0.25) is 15.2 Å². The lowest BCUT2D eigenvalue weighted by Crippen LogP contribution is -2.18. The number of rotatable bonds is 3. The Hall–Kier alpha value is -1.63. The minimum Gasteiger partial charge on any atom is -0.340 e. The van der Waals surface area contributed by atoms with Crippen LogP contribution >= 0.6 is 15.9 Å². The van der Waals surface area contributed by atoms with Crippen LogP contribution in [0.25, 0.3) is 0 Å². The molecule has 1 amide bonds. The number of H-pyrrole nitrogens is 1. The largest absolute Gasteiger partial charge is 0.340 e. The number of aromatic amines is 1. The second-order valence-electron chi connectivity index (χ2n) is 4.24. The van der Waals surface area contributed by atoms with E-state index in [1.807, 2.05) is 24.6 Å². The van der Waals surface area contributed by atoms with Crippen LogP contribution < -0.4 is 5.32 Å². The van der Waals surface area contributed by atoms with E-state index in [1.165, 1.54) is 0 Å². The first-order valence-corrected chi connectivity index (χ1v) is 6.34. The van der Waals surface area contributed by atoms with Gasteiger partial charge < -0.3 is 4.57 Å². The number of hydrogen-bond donors (Lipinski definition) is 2. The van der Waals surface area contributed by atoms with E-state index < -0.39 is 0 Å². The number of nitrogens with one attached hydrogen (secondary N) is 2. The molecule has 0 saturated carbocycles. The van der Waals surface area contributed by atoms with Crippen molar-refractivity contribution in [3.05, 3.63) is 28.3 Å². The van der Waals surface area contributed by atoms with Gasteiger partial charge in [0.15, 0.2) is 0 Å². The van der Waals surface area contributed by atoms with Crippen molar-refractivity contribution in [1.29, 1.82) is 0 Å². The van der Waals surface area contributed by atoms with Gasteiger partial charge in [-0.2, -0.15) is 4.98 Å². The summed E-state index contributed by atoms with van der Waals surface area (Å²) in [6.07, 6.45) is 1.88. The molecule has 0 bridgehead atoms. The van der Waals surface area contributed by atoms with E-state index in [-0.39, 0.29) is 17.9 Å². The second-order valence-corrected chi connectivity index (χ2v) is 5.16. The number of anilines is 1. The summed E-state index contributed by atoms with van der Waals surface area (Å²) in [5, 5.41) is 9.20. The Bertz CT molecular complexity index is 572. The summed E-state index contributed by atoms with van der Waals surface area (Å²) in [5.74, 6) is 0.712. The van der Waals surface area contributed by atoms with Crippen molar-refractivity contribution in [2.45, 2.75) is 26.8 Å². The highest BCUT2D eigenvalue weighted by atomic mass is 79.9. The van der Waals surface area contributed by atoms with E-state index in [0.29, 0.717) is 11.5 Å². The van der Waals surface area contributed by atoms with Crippen LogP contribution in [-0.4, -0.2) is 25.7 Å². The normalized spacial score (nSPS) is 10.9. The van der Waals surface area contributed by atoms with Gasteiger partial charge in [-0.05, 0) is 42.8 Å². The molecule has 0 spiro atoms. The highest BCUT2D eigenvalue weighted by Crippen LogP contribution is 2.20. The molecule has 0 aliphatic rings. The van der Waals surface area contributed by atoms with Crippen molar-refractivity contribution in [2.75, 3.05) is 5.32 Å². The van der Waals surface area contributed by atoms with Gasteiger partial charge in [-0.25, -0.2) is 0 Å². The maximum Gasteiger partial charge on any atom is 0.274 e. The molecule has 0 fully saturated rings. The van der Waals surface area contributed by atoms with Crippen molar-refractivity contribution in [1.82, 2.24) is 19.7 Å². The third-order valence-corrected chi connectivity index (χ3v) is 2.86. The maximum absolute atomic E-state index is 12.1. The number of carbonyl (C=O) groups is 1. The van der Waals surface area contributed by atoms with E-state index >= 15 is 0 Å². The highest BCUT2D eigenvalue weighted by molar-refractivity contribution is 9.10. The van der Waals surface area contributed by atoms with Crippen molar-refractivity contribution >= 4 is 27.8 Å². The molecule has 18 heavy (non-hydrogen) atoms. The van der Waals surface area contributed by atoms with E-state index in [2.05, 4.69) is 36.4 Å². The number of nitrogens with zero attached hydrogens (tertiary/aromatic N) is 3. The van der Waals surface area contributed by atoms with Crippen LogP contribution in [0.2, 0.25) is 0 Å². The lowest BCUT2D eigenvalue weighted by atomic mass is 10.3. The lowest BCUT2D eigenvalue weighted by molar-refractivity contribution is 0.101. The van der Waals surface area contributed by atoms with Crippen LogP contribution in [0.3, 0.4) is 0 Å². The average Bonchev–Trinajstić information content (AvgIpc) is 2.85. The zero-order valence-electron chi connectivity index (χ0n) is 10.4. The third kappa shape index (κ3) is 2.61. The zero-order valence-corrected chi connectivity index (χ0v) is 11.9. The van der Waals surface area contributed by atoms with Crippen LogP contribution in [0.15, 0.2) is 16.7 Å². The molecule has 0 aliphatic heterocycles. The number of aryl methyl sites for hydroxylation is 1. The first-order valence-electron chi connectivity index (χ1n) is 5.55. The van der Waals surface area contributed by atoms with Crippen LogP contribution in [0, 0.1) is 6.92 Å². The van der Waals surface area contributed by atoms with Crippen LogP contribution in [0.4, 0.5) is 5.95 Å².